The average molecular weight is 298 g/mol. The van der Waals surface area contributed by atoms with Gasteiger partial charge in [-0.1, -0.05) is 43.3 Å². The molecule has 2 aromatic carbocycles. The van der Waals surface area contributed by atoms with Crippen molar-refractivity contribution in [3.8, 4) is 0 Å². The highest BCUT2D eigenvalue weighted by molar-refractivity contribution is 5.94. The molecule has 0 radical (unpaired) electrons. The molecule has 2 rings (SSSR count). The van der Waals surface area contributed by atoms with E-state index in [2.05, 4.69) is 12.2 Å². The number of non-ortho nitro benzene ring substituents is 1. The van der Waals surface area contributed by atoms with Crippen LogP contribution in [0.1, 0.15) is 35.2 Å². The predicted octanol–water partition coefficient (Wildman–Crippen LogP) is 3.52. The SMILES string of the molecule is CCC(CNC(=O)c1cccc([N+](=O)[O-])c1)c1ccccc1. The minimum absolute atomic E-state index is 0.0808. The third-order valence-corrected chi connectivity index (χ3v) is 3.59. The number of nitro groups is 1. The zero-order valence-corrected chi connectivity index (χ0v) is 12.4. The van der Waals surface area contributed by atoms with Crippen LogP contribution >= 0.6 is 0 Å². The number of nitrogens with one attached hydrogen (secondary N) is 1. The minimum atomic E-state index is -0.504. The molecular formula is C17H18N2O3. The van der Waals surface area contributed by atoms with Gasteiger partial charge in [0.1, 0.15) is 0 Å². The molecule has 0 fully saturated rings. The van der Waals surface area contributed by atoms with E-state index in [1.807, 2.05) is 30.3 Å². The smallest absolute Gasteiger partial charge is 0.270 e. The van der Waals surface area contributed by atoms with Gasteiger partial charge in [0.2, 0.25) is 0 Å². The van der Waals surface area contributed by atoms with Crippen LogP contribution in [0.15, 0.2) is 54.6 Å². The fourth-order valence-corrected chi connectivity index (χ4v) is 2.30. The number of nitro benzene ring substituents is 1. The highest BCUT2D eigenvalue weighted by Gasteiger charge is 2.14. The molecule has 0 aliphatic rings. The average Bonchev–Trinajstić information content (AvgIpc) is 2.56. The highest BCUT2D eigenvalue weighted by Crippen LogP contribution is 2.18. The number of hydrogen-bond acceptors (Lipinski definition) is 3. The van der Waals surface area contributed by atoms with Crippen molar-refractivity contribution in [2.24, 2.45) is 0 Å². The highest BCUT2D eigenvalue weighted by atomic mass is 16.6. The molecule has 1 atom stereocenters. The largest absolute Gasteiger partial charge is 0.351 e. The molecule has 0 spiro atoms. The van der Waals surface area contributed by atoms with Gasteiger partial charge < -0.3 is 5.32 Å². The number of nitrogens with zero attached hydrogens (tertiary/aromatic N) is 1. The Balaban J connectivity index is 2.03. The first-order valence-corrected chi connectivity index (χ1v) is 7.19. The molecule has 0 saturated heterocycles. The van der Waals surface area contributed by atoms with Gasteiger partial charge in [-0.2, -0.15) is 0 Å². The molecule has 1 unspecified atom stereocenters. The number of benzene rings is 2. The monoisotopic (exact) mass is 298 g/mol. The van der Waals surface area contributed by atoms with Crippen LogP contribution < -0.4 is 5.32 Å². The first-order chi connectivity index (χ1) is 10.6. The molecule has 114 valence electrons. The van der Waals surface area contributed by atoms with E-state index in [4.69, 9.17) is 0 Å². The molecule has 0 bridgehead atoms. The molecule has 1 amide bonds. The maximum absolute atomic E-state index is 12.1. The molecule has 0 saturated carbocycles. The number of carbonyl (C=O) groups is 1. The van der Waals surface area contributed by atoms with Crippen molar-refractivity contribution < 1.29 is 9.72 Å². The second-order valence-corrected chi connectivity index (χ2v) is 5.03. The first-order valence-electron chi connectivity index (χ1n) is 7.19. The molecular weight excluding hydrogens is 280 g/mol. The van der Waals surface area contributed by atoms with E-state index < -0.39 is 4.92 Å². The predicted molar refractivity (Wildman–Crippen MR) is 84.9 cm³/mol. The summed E-state index contributed by atoms with van der Waals surface area (Å²) >= 11 is 0. The van der Waals surface area contributed by atoms with Gasteiger partial charge in [0.05, 0.1) is 4.92 Å². The van der Waals surface area contributed by atoms with E-state index in [0.717, 1.165) is 6.42 Å². The van der Waals surface area contributed by atoms with Crippen LogP contribution in [0.5, 0.6) is 0 Å². The van der Waals surface area contributed by atoms with E-state index in [1.165, 1.54) is 23.8 Å². The van der Waals surface area contributed by atoms with Gasteiger partial charge in [-0.15, -0.1) is 0 Å². The minimum Gasteiger partial charge on any atom is -0.351 e. The summed E-state index contributed by atoms with van der Waals surface area (Å²) in [6.07, 6.45) is 0.902. The summed E-state index contributed by atoms with van der Waals surface area (Å²) in [4.78, 5) is 22.4. The second kappa shape index (κ2) is 7.36. The topological polar surface area (TPSA) is 72.2 Å². The molecule has 5 nitrogen and oxygen atoms in total. The summed E-state index contributed by atoms with van der Waals surface area (Å²) in [6.45, 7) is 2.57. The van der Waals surface area contributed by atoms with Crippen molar-refractivity contribution in [3.05, 3.63) is 75.8 Å². The van der Waals surface area contributed by atoms with Crippen molar-refractivity contribution in [2.45, 2.75) is 19.3 Å². The summed E-state index contributed by atoms with van der Waals surface area (Å²) in [7, 11) is 0. The van der Waals surface area contributed by atoms with Gasteiger partial charge in [0, 0.05) is 30.2 Å². The van der Waals surface area contributed by atoms with E-state index in [0.29, 0.717) is 12.1 Å². The van der Waals surface area contributed by atoms with Crippen LogP contribution in [0, 0.1) is 10.1 Å². The van der Waals surface area contributed by atoms with Gasteiger partial charge >= 0.3 is 0 Å². The van der Waals surface area contributed by atoms with E-state index in [-0.39, 0.29) is 17.5 Å². The van der Waals surface area contributed by atoms with Crippen molar-refractivity contribution >= 4 is 11.6 Å². The lowest BCUT2D eigenvalue weighted by Crippen LogP contribution is -2.28. The molecule has 0 aliphatic heterocycles. The number of carbonyl (C=O) groups excluding carboxylic acids is 1. The van der Waals surface area contributed by atoms with Gasteiger partial charge in [-0.3, -0.25) is 14.9 Å². The van der Waals surface area contributed by atoms with Gasteiger partial charge in [-0.05, 0) is 18.1 Å². The lowest BCUT2D eigenvalue weighted by Gasteiger charge is -2.16. The summed E-state index contributed by atoms with van der Waals surface area (Å²) in [5.74, 6) is -0.0677. The summed E-state index contributed by atoms with van der Waals surface area (Å²) < 4.78 is 0. The van der Waals surface area contributed by atoms with Crippen LogP contribution in [0.4, 0.5) is 5.69 Å². The van der Waals surface area contributed by atoms with Crippen molar-refractivity contribution in [3.63, 3.8) is 0 Å². The molecule has 0 aromatic heterocycles. The standard InChI is InChI=1S/C17H18N2O3/c1-2-13(14-7-4-3-5-8-14)12-18-17(20)15-9-6-10-16(11-15)19(21)22/h3-11,13H,2,12H2,1H3,(H,18,20). The Labute approximate surface area is 129 Å². The maximum Gasteiger partial charge on any atom is 0.270 e. The van der Waals surface area contributed by atoms with E-state index in [9.17, 15) is 14.9 Å². The second-order valence-electron chi connectivity index (χ2n) is 5.03. The van der Waals surface area contributed by atoms with Crippen LogP contribution in [-0.2, 0) is 0 Å². The third-order valence-electron chi connectivity index (χ3n) is 3.59. The molecule has 2 aromatic rings. The summed E-state index contributed by atoms with van der Waals surface area (Å²) in [5.41, 5.74) is 1.39. The number of amides is 1. The van der Waals surface area contributed by atoms with Crippen molar-refractivity contribution in [1.29, 1.82) is 0 Å². The summed E-state index contributed by atoms with van der Waals surface area (Å²) in [6, 6.07) is 15.7. The van der Waals surface area contributed by atoms with E-state index >= 15 is 0 Å². The Kier molecular flexibility index (Phi) is 5.25. The Morgan fingerprint density at radius 3 is 2.55 bits per heavy atom. The number of hydrogen-bond donors (Lipinski definition) is 1. The quantitative estimate of drug-likeness (QED) is 0.655. The van der Waals surface area contributed by atoms with Crippen molar-refractivity contribution in [1.82, 2.24) is 5.32 Å². The third kappa shape index (κ3) is 3.91. The van der Waals surface area contributed by atoms with Crippen LogP contribution in [-0.4, -0.2) is 17.4 Å². The Bertz CT molecular complexity index is 656. The van der Waals surface area contributed by atoms with Crippen LogP contribution in [0.25, 0.3) is 0 Å². The Morgan fingerprint density at radius 2 is 1.91 bits per heavy atom. The zero-order valence-electron chi connectivity index (χ0n) is 12.4. The number of rotatable bonds is 6. The van der Waals surface area contributed by atoms with Gasteiger partial charge in [-0.25, -0.2) is 0 Å². The zero-order chi connectivity index (χ0) is 15.9. The first kappa shape index (κ1) is 15.7. The molecule has 1 N–H and O–H groups in total. The lowest BCUT2D eigenvalue weighted by atomic mass is 9.96. The lowest BCUT2D eigenvalue weighted by molar-refractivity contribution is -0.384. The fraction of sp³-hybridized carbons (Fsp3) is 0.235. The van der Waals surface area contributed by atoms with Gasteiger partial charge in [0.25, 0.3) is 11.6 Å². The van der Waals surface area contributed by atoms with Crippen LogP contribution in [0.2, 0.25) is 0 Å². The van der Waals surface area contributed by atoms with Crippen molar-refractivity contribution in [2.75, 3.05) is 6.54 Å². The Morgan fingerprint density at radius 1 is 1.18 bits per heavy atom. The van der Waals surface area contributed by atoms with Crippen LogP contribution in [0.3, 0.4) is 0 Å². The maximum atomic E-state index is 12.1. The van der Waals surface area contributed by atoms with E-state index in [1.54, 1.807) is 6.07 Å². The summed E-state index contributed by atoms with van der Waals surface area (Å²) in [5, 5.41) is 13.6. The fourth-order valence-electron chi connectivity index (χ4n) is 2.30. The molecule has 0 aliphatic carbocycles. The molecule has 0 heterocycles. The normalized spacial score (nSPS) is 11.7. The Hall–Kier alpha value is -2.69. The molecule has 22 heavy (non-hydrogen) atoms. The van der Waals surface area contributed by atoms with Gasteiger partial charge in [0.15, 0.2) is 0 Å². The molecule has 5 heteroatoms.